The molecule has 0 N–H and O–H groups in total. The molecule has 1 aromatic heterocycles. The van der Waals surface area contributed by atoms with E-state index in [1.54, 1.807) is 18.5 Å². The minimum atomic E-state index is 0.0500. The van der Waals surface area contributed by atoms with Crippen molar-refractivity contribution in [2.45, 2.75) is 25.9 Å². The first-order valence-electron chi connectivity index (χ1n) is 8.08. The van der Waals surface area contributed by atoms with Gasteiger partial charge in [0.05, 0.1) is 18.0 Å². The Hall–Kier alpha value is -2.27. The van der Waals surface area contributed by atoms with E-state index >= 15 is 0 Å². The zero-order chi connectivity index (χ0) is 16.1. The summed E-state index contributed by atoms with van der Waals surface area (Å²) in [6.07, 6.45) is 4.09. The highest BCUT2D eigenvalue weighted by Crippen LogP contribution is 2.16. The predicted octanol–water partition coefficient (Wildman–Crippen LogP) is 2.21. The van der Waals surface area contributed by atoms with E-state index in [9.17, 15) is 4.79 Å². The fourth-order valence-corrected chi connectivity index (χ4v) is 2.99. The van der Waals surface area contributed by atoms with Gasteiger partial charge in [0.2, 0.25) is 0 Å². The van der Waals surface area contributed by atoms with Crippen LogP contribution in [0.15, 0.2) is 48.8 Å². The average Bonchev–Trinajstić information content (AvgIpc) is 2.78. The monoisotopic (exact) mass is 310 g/mol. The number of benzene rings is 1. The molecule has 1 saturated heterocycles. The SMILES string of the molecule is CC1CCN(Cc2ccccc2)CCN1C(=O)c1ccnnc1. The molecule has 3 rings (SSSR count). The molecule has 23 heavy (non-hydrogen) atoms. The minimum Gasteiger partial charge on any atom is -0.335 e. The highest BCUT2D eigenvalue weighted by Gasteiger charge is 2.25. The largest absolute Gasteiger partial charge is 0.335 e. The molecule has 1 aliphatic heterocycles. The van der Waals surface area contributed by atoms with E-state index in [1.165, 1.54) is 5.56 Å². The van der Waals surface area contributed by atoms with Gasteiger partial charge in [0.25, 0.3) is 5.91 Å². The summed E-state index contributed by atoms with van der Waals surface area (Å²) in [5, 5.41) is 7.55. The van der Waals surface area contributed by atoms with Crippen molar-refractivity contribution >= 4 is 5.91 Å². The van der Waals surface area contributed by atoms with Gasteiger partial charge in [-0.3, -0.25) is 9.69 Å². The van der Waals surface area contributed by atoms with E-state index in [2.05, 4.69) is 46.3 Å². The predicted molar refractivity (Wildman–Crippen MR) is 88.9 cm³/mol. The molecule has 1 atom stereocenters. The van der Waals surface area contributed by atoms with Crippen molar-refractivity contribution in [3.05, 3.63) is 59.9 Å². The molecule has 0 saturated carbocycles. The molecule has 1 fully saturated rings. The van der Waals surface area contributed by atoms with Gasteiger partial charge in [-0.15, -0.1) is 0 Å². The average molecular weight is 310 g/mol. The number of amides is 1. The standard InChI is InChI=1S/C18H22N4O/c1-15-8-10-21(14-16-5-3-2-4-6-16)11-12-22(15)18(23)17-7-9-19-20-13-17/h2-7,9,13,15H,8,10-12,14H2,1H3. The second-order valence-electron chi connectivity index (χ2n) is 6.03. The summed E-state index contributed by atoms with van der Waals surface area (Å²) in [6.45, 7) is 5.71. The fraction of sp³-hybridized carbons (Fsp3) is 0.389. The Kier molecular flexibility index (Phi) is 4.98. The van der Waals surface area contributed by atoms with Crippen LogP contribution in [0.4, 0.5) is 0 Å². The van der Waals surface area contributed by atoms with Crippen molar-refractivity contribution in [3.63, 3.8) is 0 Å². The van der Waals surface area contributed by atoms with Gasteiger partial charge < -0.3 is 4.90 Å². The summed E-state index contributed by atoms with van der Waals surface area (Å²) in [5.74, 6) is 0.0500. The van der Waals surface area contributed by atoms with Gasteiger partial charge in [0, 0.05) is 32.2 Å². The number of carbonyl (C=O) groups is 1. The molecule has 0 radical (unpaired) electrons. The molecule has 1 amide bonds. The second kappa shape index (κ2) is 7.33. The van der Waals surface area contributed by atoms with Crippen LogP contribution in [0.5, 0.6) is 0 Å². The van der Waals surface area contributed by atoms with E-state index in [4.69, 9.17) is 0 Å². The topological polar surface area (TPSA) is 49.3 Å². The van der Waals surface area contributed by atoms with E-state index < -0.39 is 0 Å². The number of nitrogens with zero attached hydrogens (tertiary/aromatic N) is 4. The van der Waals surface area contributed by atoms with Crippen LogP contribution in [0.2, 0.25) is 0 Å². The summed E-state index contributed by atoms with van der Waals surface area (Å²) in [7, 11) is 0. The third-order valence-electron chi connectivity index (χ3n) is 4.39. The summed E-state index contributed by atoms with van der Waals surface area (Å²) in [5.41, 5.74) is 1.93. The Bertz CT molecular complexity index is 632. The first-order valence-corrected chi connectivity index (χ1v) is 8.08. The first-order chi connectivity index (χ1) is 11.2. The number of hydrogen-bond acceptors (Lipinski definition) is 4. The summed E-state index contributed by atoms with van der Waals surface area (Å²) in [4.78, 5) is 17.0. The Balaban J connectivity index is 1.65. The van der Waals surface area contributed by atoms with Crippen LogP contribution in [-0.4, -0.2) is 51.6 Å². The molecule has 0 bridgehead atoms. The number of aromatic nitrogens is 2. The van der Waals surface area contributed by atoms with Gasteiger partial charge in [-0.05, 0) is 25.0 Å². The third-order valence-corrected chi connectivity index (χ3v) is 4.39. The molecular formula is C18H22N4O. The lowest BCUT2D eigenvalue weighted by Crippen LogP contribution is -2.39. The molecule has 120 valence electrons. The van der Waals surface area contributed by atoms with Crippen molar-refractivity contribution in [3.8, 4) is 0 Å². The lowest BCUT2D eigenvalue weighted by molar-refractivity contribution is 0.0700. The van der Waals surface area contributed by atoms with Crippen molar-refractivity contribution in [1.29, 1.82) is 0 Å². The van der Waals surface area contributed by atoms with E-state index in [0.717, 1.165) is 32.6 Å². The Morgan fingerprint density at radius 3 is 2.70 bits per heavy atom. The van der Waals surface area contributed by atoms with Gasteiger partial charge >= 0.3 is 0 Å². The lowest BCUT2D eigenvalue weighted by atomic mass is 10.1. The Morgan fingerprint density at radius 2 is 1.96 bits per heavy atom. The van der Waals surface area contributed by atoms with Crippen molar-refractivity contribution in [2.24, 2.45) is 0 Å². The van der Waals surface area contributed by atoms with Crippen LogP contribution in [0.3, 0.4) is 0 Å². The lowest BCUT2D eigenvalue weighted by Gasteiger charge is -2.26. The van der Waals surface area contributed by atoms with Gasteiger partial charge in [-0.25, -0.2) is 0 Å². The summed E-state index contributed by atoms with van der Waals surface area (Å²) < 4.78 is 0. The van der Waals surface area contributed by atoms with Crippen molar-refractivity contribution in [2.75, 3.05) is 19.6 Å². The number of hydrogen-bond donors (Lipinski definition) is 0. The highest BCUT2D eigenvalue weighted by atomic mass is 16.2. The van der Waals surface area contributed by atoms with E-state index in [-0.39, 0.29) is 11.9 Å². The van der Waals surface area contributed by atoms with Gasteiger partial charge in [-0.1, -0.05) is 30.3 Å². The Morgan fingerprint density at radius 1 is 1.13 bits per heavy atom. The van der Waals surface area contributed by atoms with Crippen LogP contribution < -0.4 is 0 Å². The third kappa shape index (κ3) is 3.93. The summed E-state index contributed by atoms with van der Waals surface area (Å²) >= 11 is 0. The van der Waals surface area contributed by atoms with Gasteiger partial charge in [0.1, 0.15) is 0 Å². The number of carbonyl (C=O) groups excluding carboxylic acids is 1. The minimum absolute atomic E-state index is 0.0500. The normalized spacial score (nSPS) is 19.3. The van der Waals surface area contributed by atoms with Crippen LogP contribution >= 0.6 is 0 Å². The molecular weight excluding hydrogens is 288 g/mol. The molecule has 1 unspecified atom stereocenters. The fourth-order valence-electron chi connectivity index (χ4n) is 2.99. The quantitative estimate of drug-likeness (QED) is 0.872. The van der Waals surface area contributed by atoms with Crippen molar-refractivity contribution in [1.82, 2.24) is 20.0 Å². The second-order valence-corrected chi connectivity index (χ2v) is 6.03. The van der Waals surface area contributed by atoms with Crippen molar-refractivity contribution < 1.29 is 4.79 Å². The molecule has 5 nitrogen and oxygen atoms in total. The first kappa shape index (κ1) is 15.6. The summed E-state index contributed by atoms with van der Waals surface area (Å²) in [6, 6.07) is 12.5. The van der Waals surface area contributed by atoms with Crippen LogP contribution in [0, 0.1) is 0 Å². The number of rotatable bonds is 3. The zero-order valence-electron chi connectivity index (χ0n) is 13.4. The maximum Gasteiger partial charge on any atom is 0.255 e. The zero-order valence-corrected chi connectivity index (χ0v) is 13.4. The molecule has 1 aromatic carbocycles. The molecule has 2 heterocycles. The molecule has 1 aliphatic rings. The highest BCUT2D eigenvalue weighted by molar-refractivity contribution is 5.94. The Labute approximate surface area is 136 Å². The van der Waals surface area contributed by atoms with Gasteiger partial charge in [-0.2, -0.15) is 10.2 Å². The molecule has 2 aromatic rings. The van der Waals surface area contributed by atoms with E-state index in [0.29, 0.717) is 5.56 Å². The van der Waals surface area contributed by atoms with Crippen LogP contribution in [0.1, 0.15) is 29.3 Å². The van der Waals surface area contributed by atoms with Gasteiger partial charge in [0.15, 0.2) is 0 Å². The maximum atomic E-state index is 12.7. The van der Waals surface area contributed by atoms with Crippen LogP contribution in [0.25, 0.3) is 0 Å². The van der Waals surface area contributed by atoms with E-state index in [1.807, 2.05) is 11.0 Å². The molecule has 0 spiro atoms. The smallest absolute Gasteiger partial charge is 0.255 e. The maximum absolute atomic E-state index is 12.7. The molecule has 0 aliphatic carbocycles. The molecule has 5 heteroatoms. The van der Waals surface area contributed by atoms with Crippen LogP contribution in [-0.2, 0) is 6.54 Å².